The Balaban J connectivity index is 3.24. The van der Waals surface area contributed by atoms with E-state index in [0.717, 1.165) is 15.6 Å². The molecular formula is C12H11BrClN. The lowest BCUT2D eigenvalue weighted by Gasteiger charge is -2.04. The molecule has 78 valence electrons. The van der Waals surface area contributed by atoms with Gasteiger partial charge in [0.15, 0.2) is 0 Å². The van der Waals surface area contributed by atoms with Gasteiger partial charge in [-0.2, -0.15) is 5.26 Å². The molecule has 0 aliphatic heterocycles. The second-order valence-electron chi connectivity index (χ2n) is 3.22. The van der Waals surface area contributed by atoms with E-state index in [4.69, 9.17) is 16.9 Å². The number of allylic oxidation sites excluding steroid dienone is 1. The maximum Gasteiger partial charge on any atom is 0.0962 e. The van der Waals surface area contributed by atoms with E-state index in [0.29, 0.717) is 17.0 Å². The third-order valence-electron chi connectivity index (χ3n) is 2.16. The van der Waals surface area contributed by atoms with Crippen molar-refractivity contribution < 1.29 is 0 Å². The fourth-order valence-corrected chi connectivity index (χ4v) is 1.78. The van der Waals surface area contributed by atoms with Gasteiger partial charge in [-0.3, -0.25) is 0 Å². The molecular weight excluding hydrogens is 273 g/mol. The van der Waals surface area contributed by atoms with Crippen LogP contribution in [0.2, 0.25) is 0 Å². The van der Waals surface area contributed by atoms with Gasteiger partial charge in [-0.25, -0.2) is 0 Å². The van der Waals surface area contributed by atoms with Crippen LogP contribution < -0.4 is 0 Å². The predicted molar refractivity (Wildman–Crippen MR) is 67.6 cm³/mol. The largest absolute Gasteiger partial charge is 0.193 e. The van der Waals surface area contributed by atoms with E-state index in [2.05, 4.69) is 22.0 Å². The van der Waals surface area contributed by atoms with Crippen molar-refractivity contribution in [2.24, 2.45) is 0 Å². The quantitative estimate of drug-likeness (QED) is 0.726. The zero-order valence-electron chi connectivity index (χ0n) is 8.64. The summed E-state index contributed by atoms with van der Waals surface area (Å²) in [6.45, 7) is 3.92. The van der Waals surface area contributed by atoms with Crippen LogP contribution in [-0.4, -0.2) is 0 Å². The Morgan fingerprint density at radius 1 is 1.53 bits per heavy atom. The topological polar surface area (TPSA) is 23.8 Å². The molecule has 0 aromatic heterocycles. The summed E-state index contributed by atoms with van der Waals surface area (Å²) in [4.78, 5) is 0. The highest BCUT2D eigenvalue weighted by Crippen LogP contribution is 2.27. The fraction of sp³-hybridized carbons (Fsp3) is 0.250. The van der Waals surface area contributed by atoms with Crippen molar-refractivity contribution in [3.63, 3.8) is 0 Å². The maximum absolute atomic E-state index is 8.88. The summed E-state index contributed by atoms with van der Waals surface area (Å²) in [5, 5.41) is 9.43. The molecule has 0 unspecified atom stereocenters. The molecule has 0 atom stereocenters. The summed E-state index contributed by atoms with van der Waals surface area (Å²) in [5.41, 5.74) is 2.63. The Morgan fingerprint density at radius 2 is 2.20 bits per heavy atom. The van der Waals surface area contributed by atoms with Crippen molar-refractivity contribution in [2.45, 2.75) is 20.3 Å². The number of hydrogen-bond acceptors (Lipinski definition) is 1. The average molecular weight is 285 g/mol. The molecule has 1 nitrogen and oxygen atoms in total. The number of hydrogen-bond donors (Lipinski definition) is 0. The summed E-state index contributed by atoms with van der Waals surface area (Å²) < 4.78 is 1.05. The van der Waals surface area contributed by atoms with Gasteiger partial charge in [-0.1, -0.05) is 40.5 Å². The van der Waals surface area contributed by atoms with E-state index in [1.807, 2.05) is 32.0 Å². The summed E-state index contributed by atoms with van der Waals surface area (Å²) in [7, 11) is 0. The molecule has 0 N–H and O–H groups in total. The first-order valence-corrected chi connectivity index (χ1v) is 5.82. The van der Waals surface area contributed by atoms with Gasteiger partial charge in [-0.15, -0.1) is 0 Å². The van der Waals surface area contributed by atoms with Crippen molar-refractivity contribution in [1.82, 2.24) is 0 Å². The van der Waals surface area contributed by atoms with Crippen molar-refractivity contribution >= 4 is 32.6 Å². The Hall–Kier alpha value is -0.780. The second-order valence-corrected chi connectivity index (χ2v) is 4.45. The lowest BCUT2D eigenvalue weighted by Crippen LogP contribution is -1.85. The highest BCUT2D eigenvalue weighted by atomic mass is 79.9. The predicted octanol–water partition coefficient (Wildman–Crippen LogP) is 4.64. The number of benzene rings is 1. The molecule has 0 fully saturated rings. The summed E-state index contributed by atoms with van der Waals surface area (Å²) in [6, 6.07) is 7.94. The Morgan fingerprint density at radius 3 is 2.67 bits per heavy atom. The second kappa shape index (κ2) is 5.34. The molecule has 0 radical (unpaired) electrons. The van der Waals surface area contributed by atoms with Crippen molar-refractivity contribution in [3.8, 4) is 6.07 Å². The van der Waals surface area contributed by atoms with E-state index in [1.54, 1.807) is 0 Å². The first-order valence-electron chi connectivity index (χ1n) is 4.65. The number of nitriles is 1. The van der Waals surface area contributed by atoms with Gasteiger partial charge >= 0.3 is 0 Å². The molecule has 0 aliphatic carbocycles. The minimum Gasteiger partial charge on any atom is -0.193 e. The minimum atomic E-state index is 0.551. The van der Waals surface area contributed by atoms with E-state index in [9.17, 15) is 0 Å². The molecule has 1 rings (SSSR count). The summed E-state index contributed by atoms with van der Waals surface area (Å²) in [6.07, 6.45) is 0.657. The standard InChI is InChI=1S/C12H11BrClN/c1-3-9(7-15)12(14)10-4-5-11(13)8(2)6-10/h4-6H,3H2,1-2H3/b12-9-. The van der Waals surface area contributed by atoms with Gasteiger partial charge in [0.1, 0.15) is 0 Å². The first-order chi connectivity index (χ1) is 7.10. The molecule has 0 heterocycles. The molecule has 0 saturated carbocycles. The number of aryl methyl sites for hydroxylation is 1. The monoisotopic (exact) mass is 283 g/mol. The van der Waals surface area contributed by atoms with Gasteiger partial charge in [0.25, 0.3) is 0 Å². The molecule has 1 aromatic rings. The van der Waals surface area contributed by atoms with Crippen LogP contribution in [0.1, 0.15) is 24.5 Å². The van der Waals surface area contributed by atoms with Crippen LogP contribution in [0.3, 0.4) is 0 Å². The van der Waals surface area contributed by atoms with E-state index >= 15 is 0 Å². The van der Waals surface area contributed by atoms with Crippen LogP contribution in [0.4, 0.5) is 0 Å². The molecule has 0 amide bonds. The Kier molecular flexibility index (Phi) is 4.38. The van der Waals surface area contributed by atoms with Gasteiger partial charge in [-0.05, 0) is 36.6 Å². The number of rotatable bonds is 2. The third kappa shape index (κ3) is 2.84. The lowest BCUT2D eigenvalue weighted by atomic mass is 10.1. The van der Waals surface area contributed by atoms with Crippen LogP contribution in [0, 0.1) is 18.3 Å². The van der Waals surface area contributed by atoms with Crippen LogP contribution in [0.25, 0.3) is 5.03 Å². The third-order valence-corrected chi connectivity index (χ3v) is 3.50. The molecule has 0 bridgehead atoms. The zero-order valence-corrected chi connectivity index (χ0v) is 11.0. The maximum atomic E-state index is 8.88. The van der Waals surface area contributed by atoms with Gasteiger partial charge in [0, 0.05) is 10.0 Å². The number of halogens is 2. The first kappa shape index (κ1) is 12.3. The van der Waals surface area contributed by atoms with Crippen molar-refractivity contribution in [3.05, 3.63) is 39.4 Å². The summed E-state index contributed by atoms with van der Waals surface area (Å²) in [5.74, 6) is 0. The normalized spacial score (nSPS) is 11.9. The highest BCUT2D eigenvalue weighted by molar-refractivity contribution is 9.10. The van der Waals surface area contributed by atoms with Crippen molar-refractivity contribution in [2.75, 3.05) is 0 Å². The van der Waals surface area contributed by atoms with Gasteiger partial charge in [0.2, 0.25) is 0 Å². The SMILES string of the molecule is CC/C(C#N)=C(/Cl)c1ccc(Br)c(C)c1. The molecule has 3 heteroatoms. The average Bonchev–Trinajstić information content (AvgIpc) is 2.23. The lowest BCUT2D eigenvalue weighted by molar-refractivity contribution is 1.16. The Labute approximate surface area is 103 Å². The summed E-state index contributed by atoms with van der Waals surface area (Å²) >= 11 is 9.56. The fourth-order valence-electron chi connectivity index (χ4n) is 1.24. The molecule has 0 spiro atoms. The van der Waals surface area contributed by atoms with E-state index in [1.165, 1.54) is 0 Å². The molecule has 0 aliphatic rings. The smallest absolute Gasteiger partial charge is 0.0962 e. The molecule has 1 aromatic carbocycles. The Bertz CT molecular complexity index is 443. The number of nitrogens with zero attached hydrogens (tertiary/aromatic N) is 1. The highest BCUT2D eigenvalue weighted by Gasteiger charge is 2.06. The van der Waals surface area contributed by atoms with Gasteiger partial charge in [0.05, 0.1) is 11.1 Å². The van der Waals surface area contributed by atoms with E-state index in [-0.39, 0.29) is 0 Å². The van der Waals surface area contributed by atoms with Crippen LogP contribution >= 0.6 is 27.5 Å². The molecule has 15 heavy (non-hydrogen) atoms. The van der Waals surface area contributed by atoms with E-state index < -0.39 is 0 Å². The van der Waals surface area contributed by atoms with Gasteiger partial charge < -0.3 is 0 Å². The van der Waals surface area contributed by atoms with Crippen molar-refractivity contribution in [1.29, 1.82) is 5.26 Å². The van der Waals surface area contributed by atoms with Crippen LogP contribution in [0.5, 0.6) is 0 Å². The minimum absolute atomic E-state index is 0.551. The zero-order chi connectivity index (χ0) is 11.4. The van der Waals surface area contributed by atoms with Crippen LogP contribution in [-0.2, 0) is 0 Å². The molecule has 0 saturated heterocycles. The van der Waals surface area contributed by atoms with Crippen LogP contribution in [0.15, 0.2) is 28.2 Å².